The Bertz CT molecular complexity index is 507. The molecule has 94 valence electrons. The summed E-state index contributed by atoms with van der Waals surface area (Å²) in [6, 6.07) is 9.14. The molecular weight excluding hydrogens is 222 g/mol. The van der Waals surface area contributed by atoms with Crippen LogP contribution in [0.4, 0.5) is 0 Å². The lowest BCUT2D eigenvalue weighted by atomic mass is 10.1. The monoisotopic (exact) mass is 241 g/mol. The zero-order valence-electron chi connectivity index (χ0n) is 10.7. The summed E-state index contributed by atoms with van der Waals surface area (Å²) in [6.07, 6.45) is 5.50. The lowest BCUT2D eigenvalue weighted by Crippen LogP contribution is -2.24. The summed E-state index contributed by atoms with van der Waals surface area (Å²) < 4.78 is 0. The van der Waals surface area contributed by atoms with Crippen LogP contribution in [0.3, 0.4) is 0 Å². The number of hydrogen-bond donors (Lipinski definition) is 2. The first-order valence-corrected chi connectivity index (χ1v) is 6.65. The normalized spacial score (nSPS) is 19.3. The number of imidazole rings is 1. The molecule has 0 radical (unpaired) electrons. The van der Waals surface area contributed by atoms with Gasteiger partial charge in [0.1, 0.15) is 5.82 Å². The maximum atomic E-state index is 4.48. The van der Waals surface area contributed by atoms with Gasteiger partial charge in [-0.25, -0.2) is 4.98 Å². The first-order valence-electron chi connectivity index (χ1n) is 6.65. The second-order valence-electron chi connectivity index (χ2n) is 5.11. The number of aromatic amines is 1. The zero-order chi connectivity index (χ0) is 12.4. The summed E-state index contributed by atoms with van der Waals surface area (Å²) in [5.74, 6) is 1.09. The number of aryl methyl sites for hydroxylation is 1. The first kappa shape index (κ1) is 11.5. The van der Waals surface area contributed by atoms with E-state index in [1.807, 2.05) is 6.20 Å². The fourth-order valence-corrected chi connectivity index (χ4v) is 2.51. The Balaban J connectivity index is 1.74. The minimum absolute atomic E-state index is 0.599. The van der Waals surface area contributed by atoms with Crippen LogP contribution in [0.15, 0.2) is 30.5 Å². The standard InChI is InChI=1S/C15H19N3/c1-11-4-6-12(7-5-11)14-10-17-15(18-14)9-13-3-2-8-16-13/h4-7,10,13,16H,2-3,8-9H2,1H3,(H,17,18). The van der Waals surface area contributed by atoms with Crippen LogP contribution in [0.5, 0.6) is 0 Å². The summed E-state index contributed by atoms with van der Waals surface area (Å²) in [5, 5.41) is 3.50. The van der Waals surface area contributed by atoms with Gasteiger partial charge in [0.25, 0.3) is 0 Å². The van der Waals surface area contributed by atoms with E-state index in [9.17, 15) is 0 Å². The van der Waals surface area contributed by atoms with Crippen LogP contribution < -0.4 is 5.32 Å². The molecule has 2 N–H and O–H groups in total. The molecular formula is C15H19N3. The lowest BCUT2D eigenvalue weighted by Gasteiger charge is -2.06. The molecule has 1 aromatic heterocycles. The molecule has 1 saturated heterocycles. The second-order valence-corrected chi connectivity index (χ2v) is 5.11. The average Bonchev–Trinajstić information content (AvgIpc) is 3.02. The molecule has 0 bridgehead atoms. The van der Waals surface area contributed by atoms with Crippen molar-refractivity contribution in [3.05, 3.63) is 41.9 Å². The van der Waals surface area contributed by atoms with E-state index in [0.717, 1.165) is 24.5 Å². The van der Waals surface area contributed by atoms with E-state index in [4.69, 9.17) is 0 Å². The summed E-state index contributed by atoms with van der Waals surface area (Å²) in [4.78, 5) is 7.91. The second kappa shape index (κ2) is 4.94. The number of nitrogens with one attached hydrogen (secondary N) is 2. The maximum Gasteiger partial charge on any atom is 0.108 e. The number of nitrogens with zero attached hydrogens (tertiary/aromatic N) is 1. The van der Waals surface area contributed by atoms with Gasteiger partial charge in [-0.1, -0.05) is 29.8 Å². The molecule has 0 saturated carbocycles. The molecule has 1 aromatic carbocycles. The third kappa shape index (κ3) is 2.46. The summed E-state index contributed by atoms with van der Waals surface area (Å²) in [5.41, 5.74) is 3.61. The van der Waals surface area contributed by atoms with Crippen LogP contribution in [-0.4, -0.2) is 22.6 Å². The molecule has 0 aliphatic carbocycles. The molecule has 1 aliphatic rings. The molecule has 0 spiro atoms. The highest BCUT2D eigenvalue weighted by Gasteiger charge is 2.16. The molecule has 18 heavy (non-hydrogen) atoms. The fourth-order valence-electron chi connectivity index (χ4n) is 2.51. The topological polar surface area (TPSA) is 40.7 Å². The van der Waals surface area contributed by atoms with Gasteiger partial charge in [-0.05, 0) is 31.9 Å². The van der Waals surface area contributed by atoms with Crippen molar-refractivity contribution < 1.29 is 0 Å². The Kier molecular flexibility index (Phi) is 3.15. The Hall–Kier alpha value is -1.61. The van der Waals surface area contributed by atoms with E-state index < -0.39 is 0 Å². The quantitative estimate of drug-likeness (QED) is 0.867. The molecule has 1 fully saturated rings. The largest absolute Gasteiger partial charge is 0.342 e. The van der Waals surface area contributed by atoms with Crippen molar-refractivity contribution in [1.29, 1.82) is 0 Å². The van der Waals surface area contributed by atoms with Gasteiger partial charge >= 0.3 is 0 Å². The molecule has 3 nitrogen and oxygen atoms in total. The molecule has 2 aromatic rings. The van der Waals surface area contributed by atoms with E-state index in [0.29, 0.717) is 6.04 Å². The molecule has 1 aliphatic heterocycles. The van der Waals surface area contributed by atoms with E-state index >= 15 is 0 Å². The number of hydrogen-bond acceptors (Lipinski definition) is 2. The summed E-state index contributed by atoms with van der Waals surface area (Å²) in [6.45, 7) is 3.25. The first-order chi connectivity index (χ1) is 8.81. The highest BCUT2D eigenvalue weighted by atomic mass is 15.0. The lowest BCUT2D eigenvalue weighted by molar-refractivity contribution is 0.589. The van der Waals surface area contributed by atoms with E-state index in [1.54, 1.807) is 0 Å². The molecule has 1 atom stereocenters. The fraction of sp³-hybridized carbons (Fsp3) is 0.400. The van der Waals surface area contributed by atoms with E-state index in [1.165, 1.54) is 24.0 Å². The molecule has 3 heteroatoms. The molecule has 0 amide bonds. The van der Waals surface area contributed by atoms with Crippen molar-refractivity contribution in [1.82, 2.24) is 15.3 Å². The van der Waals surface area contributed by atoms with Gasteiger partial charge in [0.05, 0.1) is 11.9 Å². The van der Waals surface area contributed by atoms with E-state index in [-0.39, 0.29) is 0 Å². The third-order valence-electron chi connectivity index (χ3n) is 3.59. The highest BCUT2D eigenvalue weighted by molar-refractivity contribution is 5.58. The van der Waals surface area contributed by atoms with Crippen LogP contribution in [0.1, 0.15) is 24.2 Å². The minimum atomic E-state index is 0.599. The summed E-state index contributed by atoms with van der Waals surface area (Å²) >= 11 is 0. The van der Waals surface area contributed by atoms with Crippen molar-refractivity contribution in [2.75, 3.05) is 6.54 Å². The minimum Gasteiger partial charge on any atom is -0.342 e. The van der Waals surface area contributed by atoms with E-state index in [2.05, 4.69) is 46.5 Å². The number of benzene rings is 1. The van der Waals surface area contributed by atoms with Crippen LogP contribution in [0.25, 0.3) is 11.3 Å². The van der Waals surface area contributed by atoms with Crippen molar-refractivity contribution in [3.8, 4) is 11.3 Å². The Morgan fingerprint density at radius 3 is 2.83 bits per heavy atom. The molecule has 3 rings (SSSR count). The van der Waals surface area contributed by atoms with Gasteiger partial charge in [-0.2, -0.15) is 0 Å². The number of aromatic nitrogens is 2. The zero-order valence-corrected chi connectivity index (χ0v) is 10.7. The van der Waals surface area contributed by atoms with Gasteiger partial charge in [0.2, 0.25) is 0 Å². The maximum absolute atomic E-state index is 4.48. The van der Waals surface area contributed by atoms with Crippen LogP contribution in [-0.2, 0) is 6.42 Å². The van der Waals surface area contributed by atoms with Crippen LogP contribution in [0, 0.1) is 6.92 Å². The SMILES string of the molecule is Cc1ccc(-c2cnc(CC3CCCN3)[nH]2)cc1. The smallest absolute Gasteiger partial charge is 0.108 e. The van der Waals surface area contributed by atoms with Crippen molar-refractivity contribution in [2.45, 2.75) is 32.2 Å². The molecule has 2 heterocycles. The highest BCUT2D eigenvalue weighted by Crippen LogP contribution is 2.18. The Labute approximate surface area is 108 Å². The predicted molar refractivity (Wildman–Crippen MR) is 73.5 cm³/mol. The van der Waals surface area contributed by atoms with Gasteiger partial charge < -0.3 is 10.3 Å². The van der Waals surface area contributed by atoms with Crippen molar-refractivity contribution >= 4 is 0 Å². The van der Waals surface area contributed by atoms with Gasteiger partial charge in [0.15, 0.2) is 0 Å². The summed E-state index contributed by atoms with van der Waals surface area (Å²) in [7, 11) is 0. The van der Waals surface area contributed by atoms with Gasteiger partial charge in [-0.15, -0.1) is 0 Å². The Morgan fingerprint density at radius 1 is 1.28 bits per heavy atom. The predicted octanol–water partition coefficient (Wildman–Crippen LogP) is 2.68. The number of rotatable bonds is 3. The third-order valence-corrected chi connectivity index (χ3v) is 3.59. The van der Waals surface area contributed by atoms with Crippen LogP contribution >= 0.6 is 0 Å². The van der Waals surface area contributed by atoms with Crippen molar-refractivity contribution in [2.24, 2.45) is 0 Å². The van der Waals surface area contributed by atoms with Gasteiger partial charge in [0, 0.05) is 12.5 Å². The Morgan fingerprint density at radius 2 is 2.11 bits per heavy atom. The van der Waals surface area contributed by atoms with Crippen molar-refractivity contribution in [3.63, 3.8) is 0 Å². The van der Waals surface area contributed by atoms with Crippen LogP contribution in [0.2, 0.25) is 0 Å². The number of H-pyrrole nitrogens is 1. The van der Waals surface area contributed by atoms with Gasteiger partial charge in [-0.3, -0.25) is 0 Å². The average molecular weight is 241 g/mol. The molecule has 1 unspecified atom stereocenters.